The predicted octanol–water partition coefficient (Wildman–Crippen LogP) is 2.52. The van der Waals surface area contributed by atoms with E-state index < -0.39 is 22.5 Å². The topological polar surface area (TPSA) is 26.3 Å². The van der Waals surface area contributed by atoms with Gasteiger partial charge >= 0.3 is 5.31 Å². The number of carbonyl (C=O) groups is 1. The fourth-order valence-electron chi connectivity index (χ4n) is 0.895. The molecule has 1 unspecified atom stereocenters. The van der Waals surface area contributed by atoms with Crippen LogP contribution in [0.2, 0.25) is 0 Å². The molecule has 0 aliphatic heterocycles. The Bertz CT molecular complexity index is 352. The van der Waals surface area contributed by atoms with Gasteiger partial charge < -0.3 is 4.74 Å². The zero-order valence-electron chi connectivity index (χ0n) is 7.26. The summed E-state index contributed by atoms with van der Waals surface area (Å²) in [5, 5.41) is -3.01. The number of methoxy groups -OCH3 is 1. The molecular weight excluding hydrogens is 214 g/mol. The Morgan fingerprint density at radius 1 is 1.50 bits per heavy atom. The Morgan fingerprint density at radius 2 is 2.07 bits per heavy atom. The number of hydrogen-bond donors (Lipinski definition) is 0. The van der Waals surface area contributed by atoms with Gasteiger partial charge in [-0.3, -0.25) is 4.79 Å². The van der Waals surface area contributed by atoms with Crippen molar-refractivity contribution in [3.05, 3.63) is 35.6 Å². The average Bonchev–Trinajstić information content (AvgIpc) is 2.17. The van der Waals surface area contributed by atoms with E-state index >= 15 is 0 Å². The molecule has 0 saturated carbocycles. The Balaban J connectivity index is 3.07. The van der Waals surface area contributed by atoms with Gasteiger partial charge in [0.25, 0.3) is 0 Å². The van der Waals surface area contributed by atoms with Gasteiger partial charge in [0.1, 0.15) is 5.82 Å². The minimum atomic E-state index is -3.01. The normalized spacial score (nSPS) is 14.9. The standard InChI is InChI=1S/C9H7ClF2O2/c1-14-9(10,12)8(13)6-4-2-3-5-7(6)11/h2-5H,1H3. The third-order valence-electron chi connectivity index (χ3n) is 1.64. The molecule has 1 atom stereocenters. The highest BCUT2D eigenvalue weighted by molar-refractivity contribution is 6.35. The molecule has 14 heavy (non-hydrogen) atoms. The van der Waals surface area contributed by atoms with Gasteiger partial charge in [-0.2, -0.15) is 4.39 Å². The smallest absolute Gasteiger partial charge is 0.331 e. The van der Waals surface area contributed by atoms with Crippen molar-refractivity contribution in [3.63, 3.8) is 0 Å². The number of alkyl halides is 2. The van der Waals surface area contributed by atoms with Gasteiger partial charge in [-0.1, -0.05) is 12.1 Å². The molecule has 0 bridgehead atoms. The largest absolute Gasteiger partial charge is 0.351 e. The summed E-state index contributed by atoms with van der Waals surface area (Å²) in [6.07, 6.45) is 0. The summed E-state index contributed by atoms with van der Waals surface area (Å²) in [5.41, 5.74) is -0.438. The monoisotopic (exact) mass is 220 g/mol. The molecule has 76 valence electrons. The van der Waals surface area contributed by atoms with Crippen LogP contribution >= 0.6 is 11.6 Å². The number of rotatable bonds is 3. The second kappa shape index (κ2) is 4.02. The maximum atomic E-state index is 13.1. The second-order valence-electron chi connectivity index (χ2n) is 2.53. The van der Waals surface area contributed by atoms with E-state index in [4.69, 9.17) is 11.6 Å². The van der Waals surface area contributed by atoms with Crippen molar-refractivity contribution in [2.75, 3.05) is 7.11 Å². The van der Waals surface area contributed by atoms with Gasteiger partial charge in [0.15, 0.2) is 0 Å². The fraction of sp³-hybridized carbons (Fsp3) is 0.222. The number of hydrogen-bond acceptors (Lipinski definition) is 2. The molecule has 0 aromatic heterocycles. The lowest BCUT2D eigenvalue weighted by molar-refractivity contribution is -0.0253. The molecule has 0 spiro atoms. The van der Waals surface area contributed by atoms with Crippen LogP contribution in [0.4, 0.5) is 8.78 Å². The van der Waals surface area contributed by atoms with E-state index in [9.17, 15) is 13.6 Å². The van der Waals surface area contributed by atoms with Gasteiger partial charge in [-0.25, -0.2) is 4.39 Å². The quantitative estimate of drug-likeness (QED) is 0.578. The van der Waals surface area contributed by atoms with Crippen LogP contribution < -0.4 is 0 Å². The summed E-state index contributed by atoms with van der Waals surface area (Å²) in [6.45, 7) is 0. The summed E-state index contributed by atoms with van der Waals surface area (Å²) in [5.74, 6) is -2.09. The van der Waals surface area contributed by atoms with E-state index in [1.165, 1.54) is 12.1 Å². The van der Waals surface area contributed by atoms with E-state index in [1.54, 1.807) is 0 Å². The van der Waals surface area contributed by atoms with E-state index in [0.717, 1.165) is 19.2 Å². The minimum Gasteiger partial charge on any atom is -0.331 e. The van der Waals surface area contributed by atoms with Crippen LogP contribution in [0.1, 0.15) is 10.4 Å². The lowest BCUT2D eigenvalue weighted by Gasteiger charge is -2.13. The summed E-state index contributed by atoms with van der Waals surface area (Å²) in [7, 11) is 0.922. The molecule has 0 aliphatic rings. The molecule has 0 fully saturated rings. The highest BCUT2D eigenvalue weighted by Crippen LogP contribution is 2.24. The molecule has 5 heteroatoms. The van der Waals surface area contributed by atoms with Crippen molar-refractivity contribution in [3.8, 4) is 0 Å². The third-order valence-corrected chi connectivity index (χ3v) is 1.97. The fourth-order valence-corrected chi connectivity index (χ4v) is 0.997. The molecule has 0 N–H and O–H groups in total. The molecule has 0 saturated heterocycles. The molecule has 1 aromatic rings. The Labute approximate surface area is 84.4 Å². The van der Waals surface area contributed by atoms with Gasteiger partial charge in [0, 0.05) is 7.11 Å². The molecule has 1 aromatic carbocycles. The molecule has 0 amide bonds. The third kappa shape index (κ3) is 2.08. The number of Topliss-reactive ketones (excluding diaryl/α,β-unsaturated/α-hetero) is 1. The molecule has 0 heterocycles. The van der Waals surface area contributed by atoms with Crippen LogP contribution in [0, 0.1) is 5.82 Å². The second-order valence-corrected chi connectivity index (χ2v) is 3.02. The van der Waals surface area contributed by atoms with Crippen LogP contribution in [-0.4, -0.2) is 18.2 Å². The maximum Gasteiger partial charge on any atom is 0.351 e. The summed E-state index contributed by atoms with van der Waals surface area (Å²) >= 11 is 5.07. The zero-order chi connectivity index (χ0) is 10.8. The van der Waals surface area contributed by atoms with Crippen LogP contribution in [0.5, 0.6) is 0 Å². The first-order valence-electron chi connectivity index (χ1n) is 3.71. The average molecular weight is 221 g/mol. The maximum absolute atomic E-state index is 13.1. The van der Waals surface area contributed by atoms with Crippen molar-refractivity contribution < 1.29 is 18.3 Å². The van der Waals surface area contributed by atoms with Crippen molar-refractivity contribution in [2.24, 2.45) is 0 Å². The number of carbonyl (C=O) groups excluding carboxylic acids is 1. The first-order chi connectivity index (χ1) is 6.49. The predicted molar refractivity (Wildman–Crippen MR) is 47.4 cm³/mol. The molecule has 0 radical (unpaired) electrons. The summed E-state index contributed by atoms with van der Waals surface area (Å²) in [6, 6.07) is 4.95. The molecule has 1 rings (SSSR count). The number of ether oxygens (including phenoxy) is 1. The first kappa shape index (κ1) is 11.1. The van der Waals surface area contributed by atoms with Gasteiger partial charge in [-0.15, -0.1) is 0 Å². The van der Waals surface area contributed by atoms with Crippen LogP contribution in [0.25, 0.3) is 0 Å². The lowest BCUT2D eigenvalue weighted by Crippen LogP contribution is -2.30. The van der Waals surface area contributed by atoms with E-state index in [0.29, 0.717) is 0 Å². The molecule has 2 nitrogen and oxygen atoms in total. The van der Waals surface area contributed by atoms with Gasteiger partial charge in [0.2, 0.25) is 5.78 Å². The number of benzene rings is 1. The summed E-state index contributed by atoms with van der Waals surface area (Å²) < 4.78 is 30.2. The van der Waals surface area contributed by atoms with Crippen molar-refractivity contribution >= 4 is 17.4 Å². The Kier molecular flexibility index (Phi) is 3.18. The highest BCUT2D eigenvalue weighted by atomic mass is 35.5. The van der Waals surface area contributed by atoms with Crippen LogP contribution in [-0.2, 0) is 4.74 Å². The molecular formula is C9H7ClF2O2. The van der Waals surface area contributed by atoms with Gasteiger partial charge in [-0.05, 0) is 23.7 Å². The van der Waals surface area contributed by atoms with Crippen LogP contribution in [0.15, 0.2) is 24.3 Å². The van der Waals surface area contributed by atoms with Crippen molar-refractivity contribution in [2.45, 2.75) is 5.31 Å². The SMILES string of the molecule is COC(F)(Cl)C(=O)c1ccccc1F. The van der Waals surface area contributed by atoms with Crippen molar-refractivity contribution in [1.82, 2.24) is 0 Å². The van der Waals surface area contributed by atoms with E-state index in [1.807, 2.05) is 0 Å². The number of halogens is 3. The minimum absolute atomic E-state index is 0.438. The Hall–Kier alpha value is -1.00. The zero-order valence-corrected chi connectivity index (χ0v) is 8.02. The van der Waals surface area contributed by atoms with Crippen molar-refractivity contribution in [1.29, 1.82) is 0 Å². The lowest BCUT2D eigenvalue weighted by atomic mass is 10.1. The number of ketones is 1. The molecule has 0 aliphatic carbocycles. The first-order valence-corrected chi connectivity index (χ1v) is 4.09. The highest BCUT2D eigenvalue weighted by Gasteiger charge is 2.38. The van der Waals surface area contributed by atoms with Crippen LogP contribution in [0.3, 0.4) is 0 Å². The van der Waals surface area contributed by atoms with Gasteiger partial charge in [0.05, 0.1) is 5.56 Å². The van der Waals surface area contributed by atoms with E-state index in [-0.39, 0.29) is 0 Å². The van der Waals surface area contributed by atoms with E-state index in [2.05, 4.69) is 4.74 Å². The summed E-state index contributed by atoms with van der Waals surface area (Å²) in [4.78, 5) is 11.2. The Morgan fingerprint density at radius 3 is 2.57 bits per heavy atom.